The van der Waals surface area contributed by atoms with E-state index in [1.165, 1.54) is 22.2 Å². The Bertz CT molecular complexity index is 498. The molecule has 0 radical (unpaired) electrons. The molecule has 0 N–H and O–H groups in total. The van der Waals surface area contributed by atoms with Gasteiger partial charge in [0.25, 0.3) is 0 Å². The van der Waals surface area contributed by atoms with Gasteiger partial charge in [0.05, 0.1) is 5.52 Å². The molecule has 78 valence electrons. The van der Waals surface area contributed by atoms with Crippen LogP contribution in [0.15, 0.2) is 24.3 Å². The summed E-state index contributed by atoms with van der Waals surface area (Å²) in [6.07, 6.45) is 0. The first kappa shape index (κ1) is 10.2. The van der Waals surface area contributed by atoms with Crippen LogP contribution in [0.3, 0.4) is 0 Å². The van der Waals surface area contributed by atoms with Crippen molar-refractivity contribution in [2.24, 2.45) is 0 Å². The molecule has 1 heteroatoms. The fourth-order valence-corrected chi connectivity index (χ4v) is 2.40. The van der Waals surface area contributed by atoms with Gasteiger partial charge in [-0.05, 0) is 37.0 Å². The van der Waals surface area contributed by atoms with Crippen molar-refractivity contribution < 1.29 is 0 Å². The van der Waals surface area contributed by atoms with Crippen molar-refractivity contribution in [3.05, 3.63) is 41.1 Å². The molecule has 1 aromatic heterocycles. The summed E-state index contributed by atoms with van der Waals surface area (Å²) < 4.78 is 0. The number of pyridine rings is 1. The van der Waals surface area contributed by atoms with Gasteiger partial charge in [-0.25, -0.2) is 0 Å². The lowest BCUT2D eigenvalue weighted by molar-refractivity contribution is 0.838. The second kappa shape index (κ2) is 3.65. The molecule has 0 amide bonds. The van der Waals surface area contributed by atoms with E-state index in [9.17, 15) is 0 Å². The monoisotopic (exact) mass is 199 g/mol. The average molecular weight is 199 g/mol. The second-order valence-electron chi connectivity index (χ2n) is 4.41. The van der Waals surface area contributed by atoms with E-state index in [4.69, 9.17) is 0 Å². The van der Waals surface area contributed by atoms with Crippen LogP contribution in [0.5, 0.6) is 0 Å². The summed E-state index contributed by atoms with van der Waals surface area (Å²) in [5, 5.41) is 1.28. The van der Waals surface area contributed by atoms with E-state index in [-0.39, 0.29) is 0 Å². The molecule has 0 spiro atoms. The topological polar surface area (TPSA) is 12.9 Å². The minimum absolute atomic E-state index is 0.544. The Morgan fingerprint density at radius 1 is 1.07 bits per heavy atom. The number of para-hydroxylation sites is 1. The van der Waals surface area contributed by atoms with Crippen LogP contribution in [-0.4, -0.2) is 4.98 Å². The summed E-state index contributed by atoms with van der Waals surface area (Å²) in [7, 11) is 0. The van der Waals surface area contributed by atoms with Crippen LogP contribution < -0.4 is 0 Å². The maximum atomic E-state index is 4.66. The molecule has 0 saturated heterocycles. The zero-order valence-electron chi connectivity index (χ0n) is 9.83. The van der Waals surface area contributed by atoms with Crippen LogP contribution in [0, 0.1) is 13.8 Å². The summed E-state index contributed by atoms with van der Waals surface area (Å²) >= 11 is 0. The van der Waals surface area contributed by atoms with E-state index in [0.29, 0.717) is 5.92 Å². The minimum Gasteiger partial charge on any atom is -0.253 e. The summed E-state index contributed by atoms with van der Waals surface area (Å²) in [4.78, 5) is 4.66. The van der Waals surface area contributed by atoms with Crippen LogP contribution in [0.1, 0.15) is 36.6 Å². The highest BCUT2D eigenvalue weighted by atomic mass is 14.7. The number of rotatable bonds is 1. The maximum Gasteiger partial charge on any atom is 0.0708 e. The number of nitrogens with zero attached hydrogens (tertiary/aromatic N) is 1. The lowest BCUT2D eigenvalue weighted by Crippen LogP contribution is -2.00. The Hall–Kier alpha value is -1.37. The molecular formula is C14H17N. The van der Waals surface area contributed by atoms with Gasteiger partial charge in [0.1, 0.15) is 0 Å². The standard InChI is InChI=1S/C14H17N/c1-9(2)14-10(3)12-7-5-6-8-13(12)15-11(14)4/h5-9H,1-4H3. The molecule has 0 aliphatic carbocycles. The normalized spacial score (nSPS) is 11.3. The highest BCUT2D eigenvalue weighted by molar-refractivity contribution is 5.83. The third-order valence-electron chi connectivity index (χ3n) is 2.97. The predicted molar refractivity (Wildman–Crippen MR) is 65.3 cm³/mol. The van der Waals surface area contributed by atoms with Crippen LogP contribution in [0.25, 0.3) is 10.9 Å². The third kappa shape index (κ3) is 1.63. The van der Waals surface area contributed by atoms with Crippen molar-refractivity contribution in [2.75, 3.05) is 0 Å². The van der Waals surface area contributed by atoms with Gasteiger partial charge in [0.2, 0.25) is 0 Å². The van der Waals surface area contributed by atoms with Gasteiger partial charge in [0, 0.05) is 11.1 Å². The first-order valence-electron chi connectivity index (χ1n) is 5.47. The predicted octanol–water partition coefficient (Wildman–Crippen LogP) is 3.98. The van der Waals surface area contributed by atoms with Crippen LogP contribution in [-0.2, 0) is 0 Å². The van der Waals surface area contributed by atoms with Crippen molar-refractivity contribution in [2.45, 2.75) is 33.6 Å². The van der Waals surface area contributed by atoms with E-state index in [0.717, 1.165) is 5.52 Å². The molecule has 2 aromatic rings. The maximum absolute atomic E-state index is 4.66. The summed E-state index contributed by atoms with van der Waals surface area (Å²) in [6.45, 7) is 8.76. The quantitative estimate of drug-likeness (QED) is 0.677. The zero-order chi connectivity index (χ0) is 11.0. The van der Waals surface area contributed by atoms with Gasteiger partial charge >= 0.3 is 0 Å². The van der Waals surface area contributed by atoms with Gasteiger partial charge in [-0.3, -0.25) is 4.98 Å². The van der Waals surface area contributed by atoms with Gasteiger partial charge in [0.15, 0.2) is 0 Å². The van der Waals surface area contributed by atoms with Crippen LogP contribution >= 0.6 is 0 Å². The highest BCUT2D eigenvalue weighted by Gasteiger charge is 2.11. The molecule has 2 rings (SSSR count). The van der Waals surface area contributed by atoms with E-state index in [1.54, 1.807) is 0 Å². The molecule has 0 aliphatic rings. The first-order chi connectivity index (χ1) is 7.11. The smallest absolute Gasteiger partial charge is 0.0708 e. The molecular weight excluding hydrogens is 182 g/mol. The van der Waals surface area contributed by atoms with E-state index >= 15 is 0 Å². The van der Waals surface area contributed by atoms with Crippen molar-refractivity contribution in [3.63, 3.8) is 0 Å². The molecule has 0 unspecified atom stereocenters. The van der Waals surface area contributed by atoms with Crippen molar-refractivity contribution in [1.82, 2.24) is 4.98 Å². The van der Waals surface area contributed by atoms with E-state index in [2.05, 4.69) is 50.9 Å². The van der Waals surface area contributed by atoms with Crippen molar-refractivity contribution in [3.8, 4) is 0 Å². The van der Waals surface area contributed by atoms with Crippen LogP contribution in [0.2, 0.25) is 0 Å². The Balaban J connectivity index is 2.84. The Labute approximate surface area is 91.2 Å². The number of aromatic nitrogens is 1. The Morgan fingerprint density at radius 2 is 1.73 bits per heavy atom. The molecule has 0 bridgehead atoms. The van der Waals surface area contributed by atoms with Crippen molar-refractivity contribution >= 4 is 10.9 Å². The average Bonchev–Trinajstić information content (AvgIpc) is 2.17. The SMILES string of the molecule is Cc1nc2ccccc2c(C)c1C(C)C. The van der Waals surface area contributed by atoms with E-state index in [1.807, 2.05) is 6.07 Å². The lowest BCUT2D eigenvalue weighted by atomic mass is 9.94. The summed E-state index contributed by atoms with van der Waals surface area (Å²) in [6, 6.07) is 8.36. The Kier molecular flexibility index (Phi) is 2.47. The minimum atomic E-state index is 0.544. The molecule has 0 aliphatic heterocycles. The van der Waals surface area contributed by atoms with Gasteiger partial charge < -0.3 is 0 Å². The Morgan fingerprint density at radius 3 is 2.40 bits per heavy atom. The summed E-state index contributed by atoms with van der Waals surface area (Å²) in [5.74, 6) is 0.544. The van der Waals surface area contributed by atoms with Crippen LogP contribution in [0.4, 0.5) is 0 Å². The fourth-order valence-electron chi connectivity index (χ4n) is 2.40. The largest absolute Gasteiger partial charge is 0.253 e. The zero-order valence-corrected chi connectivity index (χ0v) is 9.83. The number of hydrogen-bond acceptors (Lipinski definition) is 1. The van der Waals surface area contributed by atoms with E-state index < -0.39 is 0 Å². The summed E-state index contributed by atoms with van der Waals surface area (Å²) in [5.41, 5.74) is 5.06. The second-order valence-corrected chi connectivity index (χ2v) is 4.41. The number of benzene rings is 1. The molecule has 1 heterocycles. The third-order valence-corrected chi connectivity index (χ3v) is 2.97. The van der Waals surface area contributed by atoms with Gasteiger partial charge in [-0.2, -0.15) is 0 Å². The fraction of sp³-hybridized carbons (Fsp3) is 0.357. The lowest BCUT2D eigenvalue weighted by Gasteiger charge is -2.15. The highest BCUT2D eigenvalue weighted by Crippen LogP contribution is 2.27. The molecule has 0 saturated carbocycles. The first-order valence-corrected chi connectivity index (χ1v) is 5.47. The molecule has 0 atom stereocenters. The van der Waals surface area contributed by atoms with Gasteiger partial charge in [-0.1, -0.05) is 32.0 Å². The molecule has 0 fully saturated rings. The van der Waals surface area contributed by atoms with Gasteiger partial charge in [-0.15, -0.1) is 0 Å². The molecule has 1 nitrogen and oxygen atoms in total. The number of aryl methyl sites for hydroxylation is 2. The number of hydrogen-bond donors (Lipinski definition) is 0. The number of fused-ring (bicyclic) bond motifs is 1. The van der Waals surface area contributed by atoms with Crippen molar-refractivity contribution in [1.29, 1.82) is 0 Å². The molecule has 15 heavy (non-hydrogen) atoms. The molecule has 1 aromatic carbocycles.